The molecule has 0 unspecified atom stereocenters. The second kappa shape index (κ2) is 5.33. The zero-order chi connectivity index (χ0) is 14.3. The summed E-state index contributed by atoms with van der Waals surface area (Å²) in [5, 5.41) is 1.65. The first-order valence-electron chi connectivity index (χ1n) is 5.41. The number of ether oxygens (including phenoxy) is 1. The van der Waals surface area contributed by atoms with Gasteiger partial charge in [0.25, 0.3) is 5.19 Å². The van der Waals surface area contributed by atoms with Crippen molar-refractivity contribution in [2.24, 2.45) is 0 Å². The maximum atomic E-state index is 6.17. The Morgan fingerprint density at radius 3 is 2.30 bits per heavy atom. The molecular formula is C12H6Cl3N3OS. The molecule has 0 aliphatic rings. The van der Waals surface area contributed by atoms with E-state index in [0.29, 0.717) is 32.0 Å². The van der Waals surface area contributed by atoms with E-state index in [9.17, 15) is 0 Å². The molecule has 0 atom stereocenters. The molecule has 2 heterocycles. The van der Waals surface area contributed by atoms with Gasteiger partial charge in [-0.3, -0.25) is 0 Å². The maximum Gasteiger partial charge on any atom is 0.273 e. The minimum Gasteiger partial charge on any atom is -0.473 e. The first-order valence-corrected chi connectivity index (χ1v) is 7.36. The molecule has 0 fully saturated rings. The summed E-state index contributed by atoms with van der Waals surface area (Å²) in [7, 11) is 1.55. The second-order valence-corrected chi connectivity index (χ2v) is 5.98. The molecule has 0 N–H and O–H groups in total. The number of aromatic nitrogens is 3. The number of rotatable bonds is 2. The van der Waals surface area contributed by atoms with E-state index < -0.39 is 0 Å². The fourth-order valence-electron chi connectivity index (χ4n) is 1.65. The van der Waals surface area contributed by atoms with Gasteiger partial charge in [0.15, 0.2) is 5.15 Å². The summed E-state index contributed by atoms with van der Waals surface area (Å²) in [5.41, 5.74) is 1.74. The van der Waals surface area contributed by atoms with Gasteiger partial charge in [-0.05, 0) is 12.1 Å². The van der Waals surface area contributed by atoms with Crippen molar-refractivity contribution in [3.8, 4) is 15.8 Å². The first-order chi connectivity index (χ1) is 9.58. The van der Waals surface area contributed by atoms with Gasteiger partial charge in [-0.25, -0.2) is 15.0 Å². The molecule has 3 rings (SSSR count). The van der Waals surface area contributed by atoms with Gasteiger partial charge in [-0.15, -0.1) is 0 Å². The lowest BCUT2D eigenvalue weighted by Crippen LogP contribution is -1.90. The van der Waals surface area contributed by atoms with Crippen molar-refractivity contribution in [1.82, 2.24) is 15.0 Å². The number of methoxy groups -OCH3 is 1. The molecule has 0 saturated heterocycles. The Morgan fingerprint density at radius 1 is 1.05 bits per heavy atom. The number of halogens is 3. The molecule has 0 amide bonds. The number of benzene rings is 1. The Bertz CT molecular complexity index is 806. The maximum absolute atomic E-state index is 6.17. The van der Waals surface area contributed by atoms with Crippen LogP contribution in [0.1, 0.15) is 0 Å². The van der Waals surface area contributed by atoms with E-state index in [1.165, 1.54) is 11.3 Å². The molecule has 102 valence electrons. The largest absolute Gasteiger partial charge is 0.473 e. The smallest absolute Gasteiger partial charge is 0.273 e. The molecule has 0 aliphatic carbocycles. The first kappa shape index (κ1) is 13.8. The number of thiazole rings is 1. The number of fused-ring (bicyclic) bond motifs is 1. The second-order valence-electron chi connectivity index (χ2n) is 3.81. The van der Waals surface area contributed by atoms with E-state index in [4.69, 9.17) is 39.5 Å². The van der Waals surface area contributed by atoms with Gasteiger partial charge in [0.05, 0.1) is 39.3 Å². The van der Waals surface area contributed by atoms with E-state index in [1.54, 1.807) is 25.4 Å². The molecular weight excluding hydrogens is 341 g/mol. The van der Waals surface area contributed by atoms with E-state index >= 15 is 0 Å². The predicted octanol–water partition coefficient (Wildman–Crippen LogP) is 4.72. The lowest BCUT2D eigenvalue weighted by molar-refractivity contribution is 0.412. The molecule has 0 aliphatic heterocycles. The molecule has 0 saturated carbocycles. The number of hydrogen-bond acceptors (Lipinski definition) is 5. The van der Waals surface area contributed by atoms with Crippen LogP contribution in [0.3, 0.4) is 0 Å². The van der Waals surface area contributed by atoms with Crippen molar-refractivity contribution in [2.45, 2.75) is 0 Å². The molecule has 8 heteroatoms. The Kier molecular flexibility index (Phi) is 3.69. The standard InChI is InChI=1S/C12H6Cl3N3OS/c1-19-12-16-4-9(20-12)10-11(15)18-8-3-6(14)5(13)2-7(8)17-10/h2-4H,1H3. The van der Waals surface area contributed by atoms with Crippen LogP contribution in [0.5, 0.6) is 5.19 Å². The zero-order valence-electron chi connectivity index (χ0n) is 10.0. The van der Waals surface area contributed by atoms with Crippen LogP contribution in [0, 0.1) is 0 Å². The molecule has 0 spiro atoms. The summed E-state index contributed by atoms with van der Waals surface area (Å²) in [6.45, 7) is 0. The van der Waals surface area contributed by atoms with Crippen LogP contribution in [-0.2, 0) is 0 Å². The number of nitrogens with zero attached hydrogens (tertiary/aromatic N) is 3. The van der Waals surface area contributed by atoms with Crippen molar-refractivity contribution < 1.29 is 4.74 Å². The van der Waals surface area contributed by atoms with Crippen LogP contribution in [0.2, 0.25) is 15.2 Å². The van der Waals surface area contributed by atoms with E-state index in [2.05, 4.69) is 15.0 Å². The van der Waals surface area contributed by atoms with Crippen molar-refractivity contribution in [3.05, 3.63) is 33.5 Å². The van der Waals surface area contributed by atoms with Crippen LogP contribution in [0.25, 0.3) is 21.6 Å². The van der Waals surface area contributed by atoms with Crippen LogP contribution < -0.4 is 4.74 Å². The van der Waals surface area contributed by atoms with Crippen molar-refractivity contribution in [2.75, 3.05) is 7.11 Å². The minimum atomic E-state index is 0.280. The molecule has 20 heavy (non-hydrogen) atoms. The van der Waals surface area contributed by atoms with E-state index in [-0.39, 0.29) is 5.15 Å². The van der Waals surface area contributed by atoms with Gasteiger partial charge in [0.1, 0.15) is 5.69 Å². The van der Waals surface area contributed by atoms with Crippen molar-refractivity contribution >= 4 is 57.2 Å². The molecule has 1 aromatic carbocycles. The number of hydrogen-bond donors (Lipinski definition) is 0. The predicted molar refractivity (Wildman–Crippen MR) is 82.2 cm³/mol. The Hall–Kier alpha value is -1.14. The average Bonchev–Trinajstić information content (AvgIpc) is 2.89. The molecule has 2 aromatic heterocycles. The third kappa shape index (κ3) is 2.42. The van der Waals surface area contributed by atoms with Gasteiger partial charge in [-0.2, -0.15) is 0 Å². The summed E-state index contributed by atoms with van der Waals surface area (Å²) in [4.78, 5) is 13.6. The fraction of sp³-hybridized carbons (Fsp3) is 0.0833. The van der Waals surface area contributed by atoms with Gasteiger partial charge in [-0.1, -0.05) is 46.1 Å². The monoisotopic (exact) mass is 345 g/mol. The highest BCUT2D eigenvalue weighted by molar-refractivity contribution is 7.16. The summed E-state index contributed by atoms with van der Waals surface area (Å²) in [6, 6.07) is 3.29. The van der Waals surface area contributed by atoms with Gasteiger partial charge >= 0.3 is 0 Å². The summed E-state index contributed by atoms with van der Waals surface area (Å²) in [5.74, 6) is 0. The SMILES string of the molecule is COc1ncc(-c2nc3cc(Cl)c(Cl)cc3nc2Cl)s1. The highest BCUT2D eigenvalue weighted by Gasteiger charge is 2.14. The molecule has 0 radical (unpaired) electrons. The van der Waals surface area contributed by atoms with Gasteiger partial charge < -0.3 is 4.74 Å². The normalized spacial score (nSPS) is 11.0. The average molecular weight is 347 g/mol. The Balaban J connectivity index is 2.20. The highest BCUT2D eigenvalue weighted by atomic mass is 35.5. The Labute approximate surface area is 133 Å². The molecule has 0 bridgehead atoms. The van der Waals surface area contributed by atoms with Crippen LogP contribution in [0.4, 0.5) is 0 Å². The van der Waals surface area contributed by atoms with E-state index in [0.717, 1.165) is 4.88 Å². The lowest BCUT2D eigenvalue weighted by atomic mass is 10.3. The zero-order valence-corrected chi connectivity index (χ0v) is 13.1. The highest BCUT2D eigenvalue weighted by Crippen LogP contribution is 2.35. The lowest BCUT2D eigenvalue weighted by Gasteiger charge is -2.04. The van der Waals surface area contributed by atoms with Gasteiger partial charge in [0, 0.05) is 0 Å². The van der Waals surface area contributed by atoms with Crippen LogP contribution in [0.15, 0.2) is 18.3 Å². The minimum absolute atomic E-state index is 0.280. The Morgan fingerprint density at radius 2 is 1.70 bits per heavy atom. The van der Waals surface area contributed by atoms with E-state index in [1.807, 2.05) is 0 Å². The van der Waals surface area contributed by atoms with Crippen molar-refractivity contribution in [1.29, 1.82) is 0 Å². The summed E-state index contributed by atoms with van der Waals surface area (Å²) >= 11 is 19.4. The quantitative estimate of drug-likeness (QED) is 0.673. The molecule has 4 nitrogen and oxygen atoms in total. The fourth-order valence-corrected chi connectivity index (χ4v) is 2.98. The third-order valence-electron chi connectivity index (χ3n) is 2.56. The topological polar surface area (TPSA) is 47.9 Å². The summed E-state index contributed by atoms with van der Waals surface area (Å²) in [6.07, 6.45) is 1.64. The summed E-state index contributed by atoms with van der Waals surface area (Å²) < 4.78 is 5.06. The van der Waals surface area contributed by atoms with Crippen LogP contribution in [-0.4, -0.2) is 22.1 Å². The van der Waals surface area contributed by atoms with Crippen molar-refractivity contribution in [3.63, 3.8) is 0 Å². The third-order valence-corrected chi connectivity index (χ3v) is 4.51. The van der Waals surface area contributed by atoms with Gasteiger partial charge in [0.2, 0.25) is 0 Å². The van der Waals surface area contributed by atoms with Crippen LogP contribution >= 0.6 is 46.1 Å². The molecule has 3 aromatic rings.